The van der Waals surface area contributed by atoms with Gasteiger partial charge in [-0.2, -0.15) is 9.61 Å². The lowest BCUT2D eigenvalue weighted by molar-refractivity contribution is 0.0635. The first kappa shape index (κ1) is 21.2. The van der Waals surface area contributed by atoms with Gasteiger partial charge in [0.05, 0.1) is 6.20 Å². The first-order valence-electron chi connectivity index (χ1n) is 10.3. The molecule has 31 heavy (non-hydrogen) atoms. The van der Waals surface area contributed by atoms with Crippen LogP contribution in [0.4, 0.5) is 22.1 Å². The van der Waals surface area contributed by atoms with Gasteiger partial charge in [0.25, 0.3) is 0 Å². The minimum atomic E-state index is -0.584. The second-order valence-corrected chi connectivity index (χ2v) is 9.04. The van der Waals surface area contributed by atoms with Gasteiger partial charge in [-0.15, -0.1) is 0 Å². The Morgan fingerprint density at radius 3 is 2.48 bits per heavy atom. The number of anilines is 3. The molecule has 8 nitrogen and oxygen atoms in total. The van der Waals surface area contributed by atoms with Crippen LogP contribution in [0.15, 0.2) is 36.5 Å². The highest BCUT2D eigenvalue weighted by molar-refractivity contribution is 6.31. The highest BCUT2D eigenvalue weighted by Gasteiger charge is 2.22. The third kappa shape index (κ3) is 4.85. The summed E-state index contributed by atoms with van der Waals surface area (Å²) in [6, 6.07) is 9.78. The number of fused-ring (bicyclic) bond motifs is 1. The number of hydrogen-bond acceptors (Lipinski definition) is 6. The maximum Gasteiger partial charge on any atom is 0.413 e. The molecule has 0 spiro atoms. The van der Waals surface area contributed by atoms with Crippen LogP contribution < -0.4 is 15.1 Å². The molecule has 9 heteroatoms. The van der Waals surface area contributed by atoms with Crippen molar-refractivity contribution in [2.45, 2.75) is 33.3 Å². The van der Waals surface area contributed by atoms with Gasteiger partial charge in [-0.25, -0.2) is 9.78 Å². The molecule has 1 N–H and O–H groups in total. The van der Waals surface area contributed by atoms with Gasteiger partial charge in [0.15, 0.2) is 5.65 Å². The topological polar surface area (TPSA) is 75.0 Å². The summed E-state index contributed by atoms with van der Waals surface area (Å²) >= 11 is 6.17. The Hall–Kier alpha value is -3.00. The molecule has 2 aromatic heterocycles. The summed E-state index contributed by atoms with van der Waals surface area (Å²) in [6.07, 6.45) is 1.14. The smallest absolute Gasteiger partial charge is 0.413 e. The van der Waals surface area contributed by atoms with Crippen LogP contribution in [-0.2, 0) is 4.74 Å². The quantitative estimate of drug-likeness (QED) is 0.649. The first-order chi connectivity index (χ1) is 14.7. The third-order valence-electron chi connectivity index (χ3n) is 5.09. The number of rotatable bonds is 3. The van der Waals surface area contributed by atoms with Crippen molar-refractivity contribution >= 4 is 40.7 Å². The van der Waals surface area contributed by atoms with Crippen LogP contribution >= 0.6 is 11.6 Å². The van der Waals surface area contributed by atoms with E-state index in [2.05, 4.69) is 32.3 Å². The van der Waals surface area contributed by atoms with Crippen LogP contribution in [0.5, 0.6) is 0 Å². The number of benzene rings is 1. The Balaban J connectivity index is 1.51. The Labute approximate surface area is 186 Å². The maximum absolute atomic E-state index is 12.3. The minimum absolute atomic E-state index is 0.523. The van der Waals surface area contributed by atoms with E-state index in [9.17, 15) is 4.79 Å². The summed E-state index contributed by atoms with van der Waals surface area (Å²) in [7, 11) is 0. The van der Waals surface area contributed by atoms with E-state index >= 15 is 0 Å². The van der Waals surface area contributed by atoms with Crippen molar-refractivity contribution in [1.82, 2.24) is 14.6 Å². The maximum atomic E-state index is 12.3. The molecule has 164 valence electrons. The summed E-state index contributed by atoms with van der Waals surface area (Å²) in [5, 5.41) is 7.85. The number of carbonyl (C=O) groups is 1. The number of amides is 1. The van der Waals surface area contributed by atoms with Crippen molar-refractivity contribution in [3.05, 3.63) is 47.1 Å². The fraction of sp³-hybridized carbons (Fsp3) is 0.409. The van der Waals surface area contributed by atoms with Gasteiger partial charge >= 0.3 is 6.09 Å². The van der Waals surface area contributed by atoms with Crippen LogP contribution in [0, 0.1) is 6.92 Å². The van der Waals surface area contributed by atoms with Gasteiger partial charge in [0.1, 0.15) is 17.2 Å². The SMILES string of the molecule is Cc1cc(N2CCN(c3cc(NC(=O)OC(C)(C)C)n4nccc4n3)CC2)ccc1Cl. The Morgan fingerprint density at radius 1 is 1.10 bits per heavy atom. The van der Waals surface area contributed by atoms with E-state index in [1.807, 2.05) is 45.9 Å². The molecular weight excluding hydrogens is 416 g/mol. The van der Waals surface area contributed by atoms with E-state index in [0.717, 1.165) is 42.6 Å². The Kier molecular flexibility index (Phi) is 5.66. The zero-order chi connectivity index (χ0) is 22.2. The van der Waals surface area contributed by atoms with Crippen molar-refractivity contribution in [2.24, 2.45) is 0 Å². The highest BCUT2D eigenvalue weighted by atomic mass is 35.5. The molecule has 4 rings (SSSR count). The van der Waals surface area contributed by atoms with E-state index in [-0.39, 0.29) is 0 Å². The van der Waals surface area contributed by atoms with Crippen molar-refractivity contribution in [3.63, 3.8) is 0 Å². The van der Waals surface area contributed by atoms with Crippen LogP contribution in [-0.4, -0.2) is 52.5 Å². The minimum Gasteiger partial charge on any atom is -0.444 e. The zero-order valence-corrected chi connectivity index (χ0v) is 19.0. The number of hydrogen-bond donors (Lipinski definition) is 1. The first-order valence-corrected chi connectivity index (χ1v) is 10.7. The van der Waals surface area contributed by atoms with Gasteiger partial charge in [-0.1, -0.05) is 11.6 Å². The summed E-state index contributed by atoms with van der Waals surface area (Å²) < 4.78 is 6.99. The lowest BCUT2D eigenvalue weighted by Gasteiger charge is -2.37. The molecule has 0 unspecified atom stereocenters. The second kappa shape index (κ2) is 8.26. The van der Waals surface area contributed by atoms with Crippen molar-refractivity contribution in [3.8, 4) is 0 Å². The fourth-order valence-corrected chi connectivity index (χ4v) is 3.70. The molecule has 0 radical (unpaired) electrons. The second-order valence-electron chi connectivity index (χ2n) is 8.64. The number of ether oxygens (including phenoxy) is 1. The summed E-state index contributed by atoms with van der Waals surface area (Å²) in [5.74, 6) is 1.32. The normalized spacial score (nSPS) is 14.7. The predicted molar refractivity (Wildman–Crippen MR) is 123 cm³/mol. The monoisotopic (exact) mass is 442 g/mol. The fourth-order valence-electron chi connectivity index (χ4n) is 3.58. The number of nitrogens with zero attached hydrogens (tertiary/aromatic N) is 5. The van der Waals surface area contributed by atoms with Gasteiger partial charge in [-0.05, 0) is 51.5 Å². The molecule has 1 aliphatic heterocycles. The molecule has 1 saturated heterocycles. The highest BCUT2D eigenvalue weighted by Crippen LogP contribution is 2.26. The number of piperazine rings is 1. The average molecular weight is 443 g/mol. The van der Waals surface area contributed by atoms with Crippen molar-refractivity contribution < 1.29 is 9.53 Å². The number of nitrogens with one attached hydrogen (secondary N) is 1. The molecule has 1 fully saturated rings. The van der Waals surface area contributed by atoms with Crippen molar-refractivity contribution in [1.29, 1.82) is 0 Å². The van der Waals surface area contributed by atoms with Gasteiger partial charge in [0, 0.05) is 49.0 Å². The van der Waals surface area contributed by atoms with Crippen LogP contribution in [0.1, 0.15) is 26.3 Å². The van der Waals surface area contributed by atoms with Gasteiger partial charge in [-0.3, -0.25) is 5.32 Å². The van der Waals surface area contributed by atoms with Crippen LogP contribution in [0.25, 0.3) is 5.65 Å². The molecule has 0 atom stereocenters. The van der Waals surface area contributed by atoms with E-state index < -0.39 is 11.7 Å². The predicted octanol–water partition coefficient (Wildman–Crippen LogP) is 4.36. The molecule has 1 aliphatic rings. The molecule has 3 aromatic rings. The van der Waals surface area contributed by atoms with Gasteiger partial charge in [0.2, 0.25) is 0 Å². The van der Waals surface area contributed by atoms with Gasteiger partial charge < -0.3 is 14.5 Å². The summed E-state index contributed by atoms with van der Waals surface area (Å²) in [4.78, 5) is 21.6. The lowest BCUT2D eigenvalue weighted by atomic mass is 10.2. The third-order valence-corrected chi connectivity index (χ3v) is 5.51. The summed E-state index contributed by atoms with van der Waals surface area (Å²) in [5.41, 5.74) is 2.33. The van der Waals surface area contributed by atoms with E-state index in [1.165, 1.54) is 5.69 Å². The lowest BCUT2D eigenvalue weighted by Crippen LogP contribution is -2.47. The van der Waals surface area contributed by atoms with Crippen molar-refractivity contribution in [2.75, 3.05) is 41.3 Å². The van der Waals surface area contributed by atoms with Crippen LogP contribution in [0.3, 0.4) is 0 Å². The number of aromatic nitrogens is 3. The largest absolute Gasteiger partial charge is 0.444 e. The standard InChI is InChI=1S/C22H27ClN6O2/c1-15-13-16(5-6-17(15)23)27-9-11-28(12-10-27)19-14-20(26-21(30)31-22(2,3)4)29-18(25-19)7-8-24-29/h5-8,13-14H,9-12H2,1-4H3,(H,26,30). The Morgan fingerprint density at radius 2 is 1.81 bits per heavy atom. The van der Waals surface area contributed by atoms with E-state index in [1.54, 1.807) is 10.7 Å². The van der Waals surface area contributed by atoms with Crippen LogP contribution in [0.2, 0.25) is 5.02 Å². The van der Waals surface area contributed by atoms with E-state index in [0.29, 0.717) is 11.5 Å². The molecule has 3 heterocycles. The molecular formula is C22H27ClN6O2. The Bertz CT molecular complexity index is 1100. The molecule has 0 bridgehead atoms. The zero-order valence-electron chi connectivity index (χ0n) is 18.2. The molecule has 1 amide bonds. The number of aryl methyl sites for hydroxylation is 1. The number of halogens is 1. The number of carbonyl (C=O) groups excluding carboxylic acids is 1. The average Bonchev–Trinajstić information content (AvgIpc) is 3.18. The molecule has 0 aliphatic carbocycles. The van der Waals surface area contributed by atoms with E-state index in [4.69, 9.17) is 21.3 Å². The molecule has 1 aromatic carbocycles. The molecule has 0 saturated carbocycles. The summed E-state index contributed by atoms with van der Waals surface area (Å²) in [6.45, 7) is 10.9.